The molecule has 14 nitrogen and oxygen atoms in total. The summed E-state index contributed by atoms with van der Waals surface area (Å²) >= 11 is 0. The molecular formula is C48H74N2O12. The van der Waals surface area contributed by atoms with Gasteiger partial charge in [-0.15, -0.1) is 0 Å². The molecule has 5 rings (SSSR count). The third kappa shape index (κ3) is 10.1. The molecule has 1 aromatic carbocycles. The highest BCUT2D eigenvalue weighted by Crippen LogP contribution is 2.53. The fourth-order valence-corrected chi connectivity index (χ4v) is 10.9. The minimum Gasteiger partial charge on any atom is -0.507 e. The molecule has 0 amide bonds. The van der Waals surface area contributed by atoms with Gasteiger partial charge in [-0.05, 0) is 125 Å². The number of benzene rings is 1. The van der Waals surface area contributed by atoms with Gasteiger partial charge < -0.3 is 54.3 Å². The molecule has 4 aliphatic rings. The zero-order chi connectivity index (χ0) is 46.2. The number of nitrogens with zero attached hydrogens (tertiary/aromatic N) is 2. The number of aliphatic hydroxyl groups is 4. The van der Waals surface area contributed by atoms with Crippen LogP contribution in [0, 0.1) is 36.5 Å². The van der Waals surface area contributed by atoms with Crippen LogP contribution in [-0.4, -0.2) is 136 Å². The Balaban J connectivity index is 1.57. The minimum absolute atomic E-state index is 0.0742. The van der Waals surface area contributed by atoms with Gasteiger partial charge in [0.15, 0.2) is 5.78 Å². The molecule has 1 aromatic rings. The van der Waals surface area contributed by atoms with Gasteiger partial charge in [0.2, 0.25) is 0 Å². The van der Waals surface area contributed by atoms with Crippen LogP contribution in [0.1, 0.15) is 120 Å². The Hall–Kier alpha value is -3.53. The third-order valence-electron chi connectivity index (χ3n) is 14.5. The van der Waals surface area contributed by atoms with E-state index in [1.165, 1.54) is 21.0 Å². The number of hydrogen-bond acceptors (Lipinski definition) is 14. The number of cyclic esters (lactones) is 2. The number of aliphatic hydroxyl groups excluding tert-OH is 2. The van der Waals surface area contributed by atoms with E-state index in [0.717, 1.165) is 11.1 Å². The second-order valence-corrected chi connectivity index (χ2v) is 19.6. The molecule has 0 radical (unpaired) electrons. The lowest BCUT2D eigenvalue weighted by Gasteiger charge is -2.42. The fraction of sp³-hybridized carbons (Fsp3) is 0.729. The van der Waals surface area contributed by atoms with Gasteiger partial charge >= 0.3 is 11.9 Å². The summed E-state index contributed by atoms with van der Waals surface area (Å²) in [6.45, 7) is 14.7. The Labute approximate surface area is 368 Å². The minimum atomic E-state index is -1.82. The number of aromatic hydroxyl groups is 1. The van der Waals surface area contributed by atoms with Crippen molar-refractivity contribution in [3.63, 3.8) is 0 Å². The van der Waals surface area contributed by atoms with Crippen molar-refractivity contribution in [2.75, 3.05) is 34.8 Å². The molecule has 348 valence electrons. The second-order valence-electron chi connectivity index (χ2n) is 19.6. The number of methoxy groups -OCH3 is 1. The van der Waals surface area contributed by atoms with Crippen LogP contribution in [0.5, 0.6) is 11.5 Å². The Kier molecular flexibility index (Phi) is 15.7. The van der Waals surface area contributed by atoms with E-state index >= 15 is 0 Å². The molecule has 2 fully saturated rings. The highest BCUT2D eigenvalue weighted by Gasteiger charge is 2.56. The van der Waals surface area contributed by atoms with Crippen molar-refractivity contribution in [2.24, 2.45) is 29.6 Å². The number of carbonyl (C=O) groups is 3. The van der Waals surface area contributed by atoms with Gasteiger partial charge in [-0.2, -0.15) is 0 Å². The van der Waals surface area contributed by atoms with E-state index < -0.39 is 77.1 Å². The molecule has 3 aliphatic heterocycles. The van der Waals surface area contributed by atoms with Gasteiger partial charge in [-0.1, -0.05) is 25.5 Å². The zero-order valence-corrected chi connectivity index (χ0v) is 39.1. The molecule has 0 unspecified atom stereocenters. The molecule has 1 saturated heterocycles. The lowest BCUT2D eigenvalue weighted by molar-refractivity contribution is -0.189. The lowest BCUT2D eigenvalue weighted by atomic mass is 9.72. The van der Waals surface area contributed by atoms with Gasteiger partial charge in [0.25, 0.3) is 0 Å². The number of ether oxygens (including phenoxy) is 4. The summed E-state index contributed by atoms with van der Waals surface area (Å²) < 4.78 is 23.9. The average Bonchev–Trinajstić information content (AvgIpc) is 3.77. The molecular weight excluding hydrogens is 797 g/mol. The SMILES string of the molecule is CC[C@H]1OC(=O)[C@H](C)C(=O)[C@@H]2C=C(CC/C(C)=C/Cc3c(O)c4c(c(C)c3OC)COC4=O)O[C@H]([C@H](C[C@@H](C)O)N(C)C)[C@@H]3C[C@H]2[C@](O)(C[C@@H](C)CN(C)[C@H](C)[C@@H](O)[C@]1(C)O)C3. The zero-order valence-electron chi connectivity index (χ0n) is 39.1. The van der Waals surface area contributed by atoms with E-state index in [4.69, 9.17) is 18.9 Å². The van der Waals surface area contributed by atoms with Crippen molar-refractivity contribution in [3.05, 3.63) is 45.7 Å². The van der Waals surface area contributed by atoms with Crippen molar-refractivity contribution >= 4 is 17.7 Å². The molecule has 14 heteroatoms. The highest BCUT2D eigenvalue weighted by molar-refractivity contribution is 6.01. The number of rotatable bonds is 11. The quantitative estimate of drug-likeness (QED) is 0.113. The first-order chi connectivity index (χ1) is 29.0. The lowest BCUT2D eigenvalue weighted by Crippen LogP contribution is -2.59. The number of hydrogen-bond donors (Lipinski definition) is 5. The van der Waals surface area contributed by atoms with Crippen LogP contribution < -0.4 is 4.74 Å². The maximum absolute atomic E-state index is 14.9. The van der Waals surface area contributed by atoms with Gasteiger partial charge in [-0.3, -0.25) is 9.59 Å². The molecule has 1 saturated carbocycles. The van der Waals surface area contributed by atoms with Crippen LogP contribution >= 0.6 is 0 Å². The van der Waals surface area contributed by atoms with E-state index in [9.17, 15) is 39.9 Å². The van der Waals surface area contributed by atoms with Crippen LogP contribution in [-0.2, 0) is 36.8 Å². The summed E-state index contributed by atoms with van der Waals surface area (Å²) in [5, 5.41) is 58.1. The van der Waals surface area contributed by atoms with Crippen LogP contribution in [0.4, 0.5) is 0 Å². The number of fused-ring (bicyclic) bond motifs is 2. The molecule has 13 atom stereocenters. The van der Waals surface area contributed by atoms with Gasteiger partial charge in [0.1, 0.15) is 53.5 Å². The Morgan fingerprint density at radius 2 is 1.81 bits per heavy atom. The summed E-state index contributed by atoms with van der Waals surface area (Å²) in [6.07, 6.45) is 3.17. The number of Topliss-reactive ketones (excluding diaryl/α,β-unsaturated/α-hetero) is 1. The summed E-state index contributed by atoms with van der Waals surface area (Å²) in [4.78, 5) is 45.4. The van der Waals surface area contributed by atoms with Crippen LogP contribution in [0.15, 0.2) is 23.5 Å². The first-order valence-corrected chi connectivity index (χ1v) is 22.5. The predicted octanol–water partition coefficient (Wildman–Crippen LogP) is 5.00. The van der Waals surface area contributed by atoms with E-state index in [1.807, 2.05) is 64.7 Å². The maximum atomic E-state index is 14.9. The predicted molar refractivity (Wildman–Crippen MR) is 233 cm³/mol. The first kappa shape index (κ1) is 49.5. The largest absolute Gasteiger partial charge is 0.507 e. The van der Waals surface area contributed by atoms with E-state index in [0.29, 0.717) is 67.7 Å². The maximum Gasteiger partial charge on any atom is 0.342 e. The van der Waals surface area contributed by atoms with E-state index in [1.54, 1.807) is 19.9 Å². The molecule has 5 N–H and O–H groups in total. The van der Waals surface area contributed by atoms with Gasteiger partial charge in [0.05, 0.1) is 24.6 Å². The normalized spacial score (nSPS) is 34.8. The van der Waals surface area contributed by atoms with Crippen LogP contribution in [0.3, 0.4) is 0 Å². The van der Waals surface area contributed by atoms with Crippen molar-refractivity contribution in [1.82, 2.24) is 9.80 Å². The van der Waals surface area contributed by atoms with Crippen molar-refractivity contribution < 1.29 is 58.9 Å². The van der Waals surface area contributed by atoms with E-state index in [-0.39, 0.29) is 48.6 Å². The van der Waals surface area contributed by atoms with Crippen LogP contribution in [0.2, 0.25) is 0 Å². The molecule has 62 heavy (non-hydrogen) atoms. The standard InChI is InChI=1S/C48H74N2O12/c1-13-38-47(8,57)44(54)30(7)50(11)23-26(3)21-48(58)22-31-19-36(48)34(40(52)29(6)45(55)62-38)20-32(61-43(31)37(49(9)10)18-27(4)51)16-14-25(2)15-17-33-41(53)39-35(24-60-46(39)56)28(5)42(33)59-12/h15,20,26-27,29-31,34,36-38,43-44,51,53-54,57-58H,13-14,16-19,21-24H2,1-12H3/b25-15+,32-20?/t26-,27-,29-,30-,31-,34-,36-,37+,38-,43+,44-,47-,48+/m1/s1. The van der Waals surface area contributed by atoms with Gasteiger partial charge in [0, 0.05) is 53.9 Å². The topological polar surface area (TPSA) is 196 Å². The first-order valence-electron chi connectivity index (χ1n) is 22.5. The van der Waals surface area contributed by atoms with Gasteiger partial charge in [-0.25, -0.2) is 4.79 Å². The Bertz CT molecular complexity index is 1870. The summed E-state index contributed by atoms with van der Waals surface area (Å²) in [5.74, 6) is -3.99. The molecule has 3 heterocycles. The number of ketones is 1. The van der Waals surface area contributed by atoms with Crippen LogP contribution in [0.25, 0.3) is 0 Å². The summed E-state index contributed by atoms with van der Waals surface area (Å²) in [7, 11) is 7.29. The Morgan fingerprint density at radius 3 is 2.42 bits per heavy atom. The highest BCUT2D eigenvalue weighted by atomic mass is 16.6. The van der Waals surface area contributed by atoms with Crippen molar-refractivity contribution in [2.45, 2.75) is 161 Å². The number of allylic oxidation sites excluding steroid dienone is 4. The number of esters is 2. The molecule has 2 bridgehead atoms. The summed E-state index contributed by atoms with van der Waals surface area (Å²) in [5.41, 5.74) is -0.221. The molecule has 1 aliphatic carbocycles. The monoisotopic (exact) mass is 871 g/mol. The average molecular weight is 871 g/mol. The third-order valence-corrected chi connectivity index (χ3v) is 14.5. The van der Waals surface area contributed by atoms with Crippen molar-refractivity contribution in [1.29, 1.82) is 0 Å². The number of likely N-dealkylation sites (N-methyl/N-ethyl adjacent to an activating group) is 2. The smallest absolute Gasteiger partial charge is 0.342 e. The van der Waals surface area contributed by atoms with Crippen molar-refractivity contribution in [3.8, 4) is 11.5 Å². The molecule has 0 spiro atoms. The number of phenolic OH excluding ortho intramolecular Hbond substituents is 1. The fourth-order valence-electron chi connectivity index (χ4n) is 10.9. The second kappa shape index (κ2) is 19.7. The number of carbonyl (C=O) groups excluding carboxylic acids is 3. The van der Waals surface area contributed by atoms with E-state index in [2.05, 4.69) is 0 Å². The number of phenols is 1. The molecule has 0 aromatic heterocycles. The Morgan fingerprint density at radius 1 is 1.13 bits per heavy atom. The summed E-state index contributed by atoms with van der Waals surface area (Å²) in [6, 6.07) is -0.774.